The number of hydrogen-bond acceptors (Lipinski definition) is 4. The monoisotopic (exact) mass is 319 g/mol. The Morgan fingerprint density at radius 3 is 2.86 bits per heavy atom. The number of nitrogens with zero attached hydrogens (tertiary/aromatic N) is 2. The fourth-order valence-electron chi connectivity index (χ4n) is 2.89. The highest BCUT2D eigenvalue weighted by molar-refractivity contribution is 6.31. The predicted molar refractivity (Wildman–Crippen MR) is 91.7 cm³/mol. The van der Waals surface area contributed by atoms with E-state index in [1.165, 1.54) is 0 Å². The summed E-state index contributed by atoms with van der Waals surface area (Å²) < 4.78 is 5.43. The van der Waals surface area contributed by atoms with Gasteiger partial charge >= 0.3 is 0 Å². The zero-order valence-electron chi connectivity index (χ0n) is 12.9. The van der Waals surface area contributed by atoms with E-state index in [1.54, 1.807) is 0 Å². The van der Waals surface area contributed by atoms with E-state index < -0.39 is 0 Å². The molecule has 2 aromatic rings. The normalized spacial score (nSPS) is 17.5. The van der Waals surface area contributed by atoms with E-state index in [0.717, 1.165) is 61.0 Å². The third-order valence-electron chi connectivity index (χ3n) is 4.20. The van der Waals surface area contributed by atoms with Crippen molar-refractivity contribution >= 4 is 28.3 Å². The van der Waals surface area contributed by atoms with Gasteiger partial charge in [0.1, 0.15) is 5.82 Å². The molecule has 1 N–H and O–H groups in total. The second-order valence-corrected chi connectivity index (χ2v) is 6.06. The maximum Gasteiger partial charge on any atom is 0.126 e. The van der Waals surface area contributed by atoms with E-state index >= 15 is 0 Å². The van der Waals surface area contributed by atoms with Crippen LogP contribution in [0.25, 0.3) is 10.9 Å². The van der Waals surface area contributed by atoms with Crippen molar-refractivity contribution in [2.45, 2.75) is 19.4 Å². The van der Waals surface area contributed by atoms with Gasteiger partial charge in [-0.1, -0.05) is 18.5 Å². The summed E-state index contributed by atoms with van der Waals surface area (Å²) in [7, 11) is 0. The predicted octanol–water partition coefficient (Wildman–Crippen LogP) is 3.41. The van der Waals surface area contributed by atoms with Gasteiger partial charge in [-0.05, 0) is 36.8 Å². The van der Waals surface area contributed by atoms with Gasteiger partial charge in [-0.3, -0.25) is 4.90 Å². The number of nitrogens with one attached hydrogen (secondary N) is 1. The number of halogens is 1. The smallest absolute Gasteiger partial charge is 0.126 e. The minimum atomic E-state index is 0.520. The van der Waals surface area contributed by atoms with Crippen LogP contribution in [0, 0.1) is 0 Å². The first kappa shape index (κ1) is 15.5. The lowest BCUT2D eigenvalue weighted by Crippen LogP contribution is -2.46. The third-order valence-corrected chi connectivity index (χ3v) is 4.44. The highest BCUT2D eigenvalue weighted by Gasteiger charge is 2.19. The minimum absolute atomic E-state index is 0.520. The molecule has 0 bridgehead atoms. The molecular weight excluding hydrogens is 298 g/mol. The quantitative estimate of drug-likeness (QED) is 0.916. The first-order valence-electron chi connectivity index (χ1n) is 7.88. The molecule has 0 unspecified atom stereocenters. The van der Waals surface area contributed by atoms with Crippen molar-refractivity contribution in [3.8, 4) is 0 Å². The number of fused-ring (bicyclic) bond motifs is 1. The lowest BCUT2D eigenvalue weighted by Gasteiger charge is -2.34. The van der Waals surface area contributed by atoms with Gasteiger partial charge in [0.2, 0.25) is 0 Å². The summed E-state index contributed by atoms with van der Waals surface area (Å²) in [6.45, 7) is 6.85. The van der Waals surface area contributed by atoms with Crippen molar-refractivity contribution in [2.75, 3.05) is 38.2 Å². The molecule has 0 saturated carbocycles. The average molecular weight is 320 g/mol. The van der Waals surface area contributed by atoms with Crippen LogP contribution in [0.5, 0.6) is 0 Å². The van der Waals surface area contributed by atoms with E-state index in [9.17, 15) is 0 Å². The second-order valence-electron chi connectivity index (χ2n) is 5.62. The number of pyridine rings is 1. The summed E-state index contributed by atoms with van der Waals surface area (Å²) in [6, 6.07) is 10.4. The van der Waals surface area contributed by atoms with Crippen molar-refractivity contribution in [3.63, 3.8) is 0 Å². The zero-order valence-corrected chi connectivity index (χ0v) is 13.6. The maximum atomic E-state index is 6.01. The summed E-state index contributed by atoms with van der Waals surface area (Å²) in [5, 5.41) is 5.28. The minimum Gasteiger partial charge on any atom is -0.379 e. The standard InChI is InChI=1S/C17H22ClN3O/c1-2-15(21-7-9-22-10-8-21)12-19-17-6-3-13-11-14(18)4-5-16(13)20-17/h3-6,11,15H,2,7-10,12H2,1H3,(H,19,20)/t15-/m1/s1. The molecule has 1 aliphatic rings. The van der Waals surface area contributed by atoms with Crippen LogP contribution in [0.1, 0.15) is 13.3 Å². The first-order valence-corrected chi connectivity index (χ1v) is 8.26. The van der Waals surface area contributed by atoms with Crippen LogP contribution in [-0.2, 0) is 4.74 Å². The second kappa shape index (κ2) is 7.27. The largest absolute Gasteiger partial charge is 0.379 e. The Morgan fingerprint density at radius 2 is 2.09 bits per heavy atom. The molecule has 1 fully saturated rings. The van der Waals surface area contributed by atoms with E-state index in [0.29, 0.717) is 6.04 Å². The van der Waals surface area contributed by atoms with E-state index in [4.69, 9.17) is 16.3 Å². The Balaban J connectivity index is 1.65. The van der Waals surface area contributed by atoms with Gasteiger partial charge < -0.3 is 10.1 Å². The van der Waals surface area contributed by atoms with Crippen molar-refractivity contribution in [1.29, 1.82) is 0 Å². The van der Waals surface area contributed by atoms with Crippen molar-refractivity contribution in [2.24, 2.45) is 0 Å². The summed E-state index contributed by atoms with van der Waals surface area (Å²) in [6.07, 6.45) is 1.12. The van der Waals surface area contributed by atoms with Crippen LogP contribution in [0.3, 0.4) is 0 Å². The fourth-order valence-corrected chi connectivity index (χ4v) is 3.07. The van der Waals surface area contributed by atoms with Gasteiger partial charge in [0.25, 0.3) is 0 Å². The molecule has 0 radical (unpaired) electrons. The molecular formula is C17H22ClN3O. The van der Waals surface area contributed by atoms with Gasteiger partial charge in [-0.25, -0.2) is 4.98 Å². The lowest BCUT2D eigenvalue weighted by molar-refractivity contribution is 0.0184. The molecule has 1 aromatic heterocycles. The molecule has 3 rings (SSSR count). The molecule has 1 aliphatic heterocycles. The molecule has 2 heterocycles. The van der Waals surface area contributed by atoms with E-state index in [-0.39, 0.29) is 0 Å². The van der Waals surface area contributed by atoms with Crippen LogP contribution in [0.2, 0.25) is 5.02 Å². The Labute approximate surface area is 136 Å². The molecule has 0 amide bonds. The van der Waals surface area contributed by atoms with Gasteiger partial charge in [-0.15, -0.1) is 0 Å². The average Bonchev–Trinajstić information content (AvgIpc) is 2.56. The number of ether oxygens (including phenoxy) is 1. The lowest BCUT2D eigenvalue weighted by atomic mass is 10.1. The summed E-state index contributed by atoms with van der Waals surface area (Å²) in [5.74, 6) is 0.918. The van der Waals surface area contributed by atoms with Gasteiger partial charge in [0, 0.05) is 36.1 Å². The molecule has 1 atom stereocenters. The van der Waals surface area contributed by atoms with E-state index in [1.807, 2.05) is 24.3 Å². The Kier molecular flexibility index (Phi) is 5.13. The highest BCUT2D eigenvalue weighted by atomic mass is 35.5. The third kappa shape index (κ3) is 3.69. The summed E-state index contributed by atoms with van der Waals surface area (Å²) in [4.78, 5) is 7.15. The zero-order chi connectivity index (χ0) is 15.4. The molecule has 118 valence electrons. The Bertz CT molecular complexity index is 628. The number of aromatic nitrogens is 1. The van der Waals surface area contributed by atoms with Crippen molar-refractivity contribution in [3.05, 3.63) is 35.4 Å². The molecule has 0 spiro atoms. The van der Waals surface area contributed by atoms with Crippen molar-refractivity contribution in [1.82, 2.24) is 9.88 Å². The van der Waals surface area contributed by atoms with Crippen molar-refractivity contribution < 1.29 is 4.74 Å². The molecule has 1 aromatic carbocycles. The Hall–Kier alpha value is -1.36. The van der Waals surface area contributed by atoms with Gasteiger partial charge in [0.15, 0.2) is 0 Å². The van der Waals surface area contributed by atoms with Crippen LogP contribution >= 0.6 is 11.6 Å². The SMILES string of the molecule is CC[C@H](CNc1ccc2cc(Cl)ccc2n1)N1CCOCC1. The summed E-state index contributed by atoms with van der Waals surface area (Å²) >= 11 is 6.01. The fraction of sp³-hybridized carbons (Fsp3) is 0.471. The van der Waals surface area contributed by atoms with Crippen LogP contribution < -0.4 is 5.32 Å². The number of benzene rings is 1. The number of hydrogen-bond donors (Lipinski definition) is 1. The number of anilines is 1. The number of morpholine rings is 1. The highest BCUT2D eigenvalue weighted by Crippen LogP contribution is 2.20. The summed E-state index contributed by atoms with van der Waals surface area (Å²) in [5.41, 5.74) is 0.967. The first-order chi connectivity index (χ1) is 10.8. The van der Waals surface area contributed by atoms with E-state index in [2.05, 4.69) is 28.2 Å². The Morgan fingerprint density at radius 1 is 1.27 bits per heavy atom. The molecule has 5 heteroatoms. The molecule has 22 heavy (non-hydrogen) atoms. The van der Waals surface area contributed by atoms with Crippen LogP contribution in [0.4, 0.5) is 5.82 Å². The van der Waals surface area contributed by atoms with Gasteiger partial charge in [0.05, 0.1) is 18.7 Å². The maximum absolute atomic E-state index is 6.01. The molecule has 4 nitrogen and oxygen atoms in total. The van der Waals surface area contributed by atoms with Crippen LogP contribution in [-0.4, -0.2) is 48.8 Å². The number of rotatable bonds is 5. The van der Waals surface area contributed by atoms with Gasteiger partial charge in [-0.2, -0.15) is 0 Å². The molecule has 0 aliphatic carbocycles. The van der Waals surface area contributed by atoms with Crippen LogP contribution in [0.15, 0.2) is 30.3 Å². The topological polar surface area (TPSA) is 37.4 Å². The molecule has 1 saturated heterocycles.